The molecule has 3 aliphatic heterocycles. The second-order valence-electron chi connectivity index (χ2n) is 6.62. The van der Waals surface area contributed by atoms with Crippen LogP contribution in [0.25, 0.3) is 0 Å². The first kappa shape index (κ1) is 17.1. The van der Waals surface area contributed by atoms with Gasteiger partial charge in [-0.3, -0.25) is 10.1 Å². The van der Waals surface area contributed by atoms with Crippen molar-refractivity contribution in [3.05, 3.63) is 50.0 Å². The highest BCUT2D eigenvalue weighted by Gasteiger charge is 2.29. The molecule has 4 rings (SSSR count). The SMILES string of the molecule is CC1=CCC2=C(Oc3ccc([N+](=O)[O-])cc3N=C2N2CCN(C)CC2)S1. The summed E-state index contributed by atoms with van der Waals surface area (Å²) in [5, 5.41) is 12.0. The van der Waals surface area contributed by atoms with E-state index >= 15 is 0 Å². The maximum atomic E-state index is 11.2. The Kier molecular flexibility index (Phi) is 4.46. The van der Waals surface area contributed by atoms with Crippen LogP contribution in [0.1, 0.15) is 13.3 Å². The molecule has 0 unspecified atom stereocenters. The number of hydrogen-bond acceptors (Lipinski definition) is 7. The number of benzene rings is 1. The van der Waals surface area contributed by atoms with Crippen LogP contribution in [0.4, 0.5) is 11.4 Å². The van der Waals surface area contributed by atoms with Crippen molar-refractivity contribution >= 4 is 29.0 Å². The first-order valence-corrected chi connectivity index (χ1v) is 9.39. The van der Waals surface area contributed by atoms with Gasteiger partial charge in [0, 0.05) is 43.9 Å². The zero-order chi connectivity index (χ0) is 18.3. The Morgan fingerprint density at radius 3 is 2.77 bits per heavy atom. The molecule has 0 atom stereocenters. The molecular weight excluding hydrogens is 352 g/mol. The van der Waals surface area contributed by atoms with Gasteiger partial charge < -0.3 is 14.5 Å². The highest BCUT2D eigenvalue weighted by molar-refractivity contribution is 8.06. The van der Waals surface area contributed by atoms with Crippen LogP contribution in [-0.2, 0) is 0 Å². The molecule has 1 saturated heterocycles. The standard InChI is InChI=1S/C18H20N4O3S/c1-12-3-5-14-17(21-9-7-20(2)8-10-21)19-15-11-13(22(23)24)4-6-16(15)25-18(14)26-12/h3-4,6,11H,5,7-10H2,1-2H3. The average molecular weight is 372 g/mol. The minimum Gasteiger partial charge on any atom is -0.447 e. The van der Waals surface area contributed by atoms with Crippen molar-refractivity contribution in [2.45, 2.75) is 13.3 Å². The molecule has 26 heavy (non-hydrogen) atoms. The van der Waals surface area contributed by atoms with Crippen LogP contribution >= 0.6 is 11.8 Å². The number of ether oxygens (including phenoxy) is 1. The zero-order valence-electron chi connectivity index (χ0n) is 14.8. The van der Waals surface area contributed by atoms with Crippen molar-refractivity contribution in [1.29, 1.82) is 0 Å². The van der Waals surface area contributed by atoms with Crippen LogP contribution in [0.15, 0.2) is 44.8 Å². The van der Waals surface area contributed by atoms with Gasteiger partial charge in [-0.05, 0) is 31.4 Å². The molecule has 0 bridgehead atoms. The third-order valence-electron chi connectivity index (χ3n) is 4.75. The Morgan fingerprint density at radius 1 is 1.27 bits per heavy atom. The fourth-order valence-corrected chi connectivity index (χ4v) is 4.09. The number of thioether (sulfide) groups is 1. The molecule has 3 aliphatic rings. The summed E-state index contributed by atoms with van der Waals surface area (Å²) in [4.78, 5) is 21.3. The molecule has 136 valence electrons. The van der Waals surface area contributed by atoms with Crippen LogP contribution in [0.3, 0.4) is 0 Å². The number of nitrogens with zero attached hydrogens (tertiary/aromatic N) is 4. The lowest BCUT2D eigenvalue weighted by atomic mass is 10.1. The molecule has 0 N–H and O–H groups in total. The van der Waals surface area contributed by atoms with Gasteiger partial charge in [-0.1, -0.05) is 17.8 Å². The van der Waals surface area contributed by atoms with Crippen LogP contribution in [0.5, 0.6) is 5.75 Å². The van der Waals surface area contributed by atoms with Crippen molar-refractivity contribution in [2.75, 3.05) is 33.2 Å². The average Bonchev–Trinajstić information content (AvgIpc) is 2.77. The molecule has 0 aromatic heterocycles. The van der Waals surface area contributed by atoms with E-state index in [-0.39, 0.29) is 5.69 Å². The molecular formula is C18H20N4O3S. The third-order valence-corrected chi connectivity index (χ3v) is 5.75. The molecule has 7 nitrogen and oxygen atoms in total. The van der Waals surface area contributed by atoms with Gasteiger partial charge in [0.2, 0.25) is 0 Å². The lowest BCUT2D eigenvalue weighted by molar-refractivity contribution is -0.384. The number of hydrogen-bond donors (Lipinski definition) is 0. The van der Waals surface area contributed by atoms with Gasteiger partial charge in [0.05, 0.1) is 4.92 Å². The van der Waals surface area contributed by atoms with Gasteiger partial charge in [-0.2, -0.15) is 0 Å². The molecule has 8 heteroatoms. The van der Waals surface area contributed by atoms with E-state index in [9.17, 15) is 10.1 Å². The molecule has 1 aromatic rings. The van der Waals surface area contributed by atoms with E-state index < -0.39 is 4.92 Å². The Bertz CT molecular complexity index is 854. The normalized spacial score (nSPS) is 20.5. The number of aliphatic imine (C=N–C) groups is 1. The van der Waals surface area contributed by atoms with Gasteiger partial charge in [0.25, 0.3) is 5.69 Å². The van der Waals surface area contributed by atoms with Gasteiger partial charge in [0.1, 0.15) is 11.5 Å². The smallest absolute Gasteiger partial charge is 0.271 e. The topological polar surface area (TPSA) is 71.2 Å². The summed E-state index contributed by atoms with van der Waals surface area (Å²) in [6, 6.07) is 4.60. The summed E-state index contributed by atoms with van der Waals surface area (Å²) in [7, 11) is 2.11. The lowest BCUT2D eigenvalue weighted by Gasteiger charge is -2.35. The fourth-order valence-electron chi connectivity index (χ4n) is 3.20. The van der Waals surface area contributed by atoms with E-state index in [4.69, 9.17) is 9.73 Å². The first-order chi connectivity index (χ1) is 12.5. The number of nitro benzene ring substituents is 1. The van der Waals surface area contributed by atoms with Crippen molar-refractivity contribution in [2.24, 2.45) is 4.99 Å². The second kappa shape index (κ2) is 6.77. The molecule has 0 aliphatic carbocycles. The maximum Gasteiger partial charge on any atom is 0.271 e. The number of piperazine rings is 1. The molecule has 0 spiro atoms. The lowest BCUT2D eigenvalue weighted by Crippen LogP contribution is -2.47. The summed E-state index contributed by atoms with van der Waals surface area (Å²) in [5.74, 6) is 1.44. The van der Waals surface area contributed by atoms with E-state index in [0.717, 1.165) is 49.1 Å². The van der Waals surface area contributed by atoms with Gasteiger partial charge >= 0.3 is 0 Å². The zero-order valence-corrected chi connectivity index (χ0v) is 15.6. The maximum absolute atomic E-state index is 11.2. The number of rotatable bonds is 1. The molecule has 1 aromatic carbocycles. The fraction of sp³-hybridized carbons (Fsp3) is 0.389. The van der Waals surface area contributed by atoms with Crippen LogP contribution in [0, 0.1) is 10.1 Å². The highest BCUT2D eigenvalue weighted by atomic mass is 32.2. The van der Waals surface area contributed by atoms with E-state index in [1.54, 1.807) is 17.8 Å². The number of nitro groups is 1. The van der Waals surface area contributed by atoms with Crippen molar-refractivity contribution in [3.8, 4) is 5.75 Å². The Balaban J connectivity index is 1.79. The van der Waals surface area contributed by atoms with Gasteiger partial charge in [-0.15, -0.1) is 0 Å². The molecule has 0 saturated carbocycles. The summed E-state index contributed by atoms with van der Waals surface area (Å²) in [5.41, 5.74) is 1.60. The largest absolute Gasteiger partial charge is 0.447 e. The number of allylic oxidation sites excluding steroid dienone is 2. The predicted molar refractivity (Wildman–Crippen MR) is 103 cm³/mol. The summed E-state index contributed by atoms with van der Waals surface area (Å²) >= 11 is 1.59. The second-order valence-corrected chi connectivity index (χ2v) is 7.84. The quantitative estimate of drug-likeness (QED) is 0.555. The third kappa shape index (κ3) is 3.22. The molecule has 1 fully saturated rings. The highest BCUT2D eigenvalue weighted by Crippen LogP contribution is 2.43. The van der Waals surface area contributed by atoms with Gasteiger partial charge in [-0.25, -0.2) is 4.99 Å². The Hall–Kier alpha value is -2.32. The minimum absolute atomic E-state index is 0.0238. The van der Waals surface area contributed by atoms with Crippen LogP contribution in [-0.4, -0.2) is 53.8 Å². The molecule has 0 amide bonds. The molecule has 3 heterocycles. The Morgan fingerprint density at radius 2 is 2.04 bits per heavy atom. The van der Waals surface area contributed by atoms with E-state index in [1.165, 1.54) is 17.0 Å². The molecule has 0 radical (unpaired) electrons. The number of amidine groups is 1. The van der Waals surface area contributed by atoms with E-state index in [1.807, 2.05) is 0 Å². The minimum atomic E-state index is -0.399. The van der Waals surface area contributed by atoms with Crippen LogP contribution < -0.4 is 4.74 Å². The van der Waals surface area contributed by atoms with Crippen molar-refractivity contribution in [1.82, 2.24) is 9.80 Å². The number of likely N-dealkylation sites (N-methyl/N-ethyl adjacent to an activating group) is 1. The number of fused-ring (bicyclic) bond motifs is 1. The monoisotopic (exact) mass is 372 g/mol. The van der Waals surface area contributed by atoms with Crippen LogP contribution in [0.2, 0.25) is 0 Å². The summed E-state index contributed by atoms with van der Waals surface area (Å²) < 4.78 is 6.14. The number of non-ortho nitro benzene ring substituents is 1. The van der Waals surface area contributed by atoms with Crippen molar-refractivity contribution in [3.63, 3.8) is 0 Å². The summed E-state index contributed by atoms with van der Waals surface area (Å²) in [6.07, 6.45) is 2.94. The predicted octanol–water partition coefficient (Wildman–Crippen LogP) is 3.52. The first-order valence-electron chi connectivity index (χ1n) is 8.58. The van der Waals surface area contributed by atoms with E-state index in [0.29, 0.717) is 11.4 Å². The van der Waals surface area contributed by atoms with E-state index in [2.05, 4.69) is 29.8 Å². The van der Waals surface area contributed by atoms with Crippen molar-refractivity contribution < 1.29 is 9.66 Å². The summed E-state index contributed by atoms with van der Waals surface area (Å²) in [6.45, 7) is 5.75. The van der Waals surface area contributed by atoms with Gasteiger partial charge in [0.15, 0.2) is 10.8 Å². The Labute approximate surface area is 156 Å².